The molecule has 0 heterocycles. The highest BCUT2D eigenvalue weighted by Gasteiger charge is 1.90. The molecule has 0 nitrogen and oxygen atoms in total. The van der Waals surface area contributed by atoms with Gasteiger partial charge in [-0.15, -0.1) is 0 Å². The molecule has 88 valence electrons. The van der Waals surface area contributed by atoms with Crippen LogP contribution in [0, 0.1) is 0 Å². The van der Waals surface area contributed by atoms with E-state index in [1.165, 1.54) is 57.8 Å². The summed E-state index contributed by atoms with van der Waals surface area (Å²) in [6.45, 7) is 8.16. The molecule has 0 rings (SSSR count). The molecular weight excluding hydrogens is 180 g/mol. The normalized spacial score (nSPS) is 11.1. The lowest BCUT2D eigenvalue weighted by Crippen LogP contribution is -1.79. The number of hydrogen-bond donors (Lipinski definition) is 0. The van der Waals surface area contributed by atoms with Crippen LogP contribution in [0.4, 0.5) is 0 Å². The number of allylic oxidation sites excluding steroid dienone is 3. The maximum absolute atomic E-state index is 3.84. The van der Waals surface area contributed by atoms with E-state index in [2.05, 4.69) is 25.7 Å². The van der Waals surface area contributed by atoms with E-state index in [9.17, 15) is 0 Å². The minimum absolute atomic E-state index is 1.16. The number of rotatable bonds is 10. The Morgan fingerprint density at radius 3 is 2.00 bits per heavy atom. The van der Waals surface area contributed by atoms with Crippen LogP contribution < -0.4 is 0 Å². The molecule has 0 N–H and O–H groups in total. The van der Waals surface area contributed by atoms with Crippen molar-refractivity contribution in [3.8, 4) is 0 Å². The van der Waals surface area contributed by atoms with Crippen molar-refractivity contribution in [2.45, 2.75) is 71.6 Å². The zero-order valence-electron chi connectivity index (χ0n) is 10.7. The molecule has 0 saturated carbocycles. The molecule has 0 aromatic heterocycles. The van der Waals surface area contributed by atoms with Crippen LogP contribution in [-0.4, -0.2) is 0 Å². The fraction of sp³-hybridized carbons (Fsp3) is 0.733. The zero-order valence-corrected chi connectivity index (χ0v) is 10.7. The van der Waals surface area contributed by atoms with E-state index in [-0.39, 0.29) is 0 Å². The smallest absolute Gasteiger partial charge is 0.0348 e. The Hall–Kier alpha value is -0.520. The van der Waals surface area contributed by atoms with Gasteiger partial charge in [-0.1, -0.05) is 76.2 Å². The molecule has 0 aliphatic carbocycles. The van der Waals surface area contributed by atoms with Gasteiger partial charge in [-0.05, 0) is 19.8 Å². The fourth-order valence-electron chi connectivity index (χ4n) is 1.68. The number of unbranched alkanes of at least 4 members (excludes halogenated alkanes) is 8. The minimum atomic E-state index is 1.16. The molecule has 0 aromatic carbocycles. The maximum atomic E-state index is 3.84. The first-order valence-electron chi connectivity index (χ1n) is 6.59. The molecule has 0 aliphatic rings. The second-order valence-electron chi connectivity index (χ2n) is 4.51. The van der Waals surface area contributed by atoms with Crippen LogP contribution in [0.25, 0.3) is 0 Å². The number of hydrogen-bond acceptors (Lipinski definition) is 0. The first-order chi connectivity index (χ1) is 7.27. The van der Waals surface area contributed by atoms with Gasteiger partial charge >= 0.3 is 0 Å². The summed E-state index contributed by atoms with van der Waals surface area (Å²) in [6, 6.07) is 0. The van der Waals surface area contributed by atoms with E-state index in [4.69, 9.17) is 0 Å². The summed E-state index contributed by atoms with van der Waals surface area (Å²) in [7, 11) is 0. The maximum Gasteiger partial charge on any atom is -0.0348 e. The zero-order chi connectivity index (χ0) is 11.4. The Balaban J connectivity index is 3.02. The average molecular weight is 208 g/mol. The quantitative estimate of drug-likeness (QED) is 0.321. The highest BCUT2D eigenvalue weighted by Crippen LogP contribution is 2.09. The van der Waals surface area contributed by atoms with Crippen molar-refractivity contribution in [3.05, 3.63) is 24.3 Å². The topological polar surface area (TPSA) is 0 Å². The summed E-state index contributed by atoms with van der Waals surface area (Å²) in [4.78, 5) is 0. The summed E-state index contributed by atoms with van der Waals surface area (Å²) in [6.07, 6.45) is 16.8. The second kappa shape index (κ2) is 11.6. The molecule has 0 aromatic rings. The molecule has 0 radical (unpaired) electrons. The van der Waals surface area contributed by atoms with E-state index in [1.807, 2.05) is 6.92 Å². The summed E-state index contributed by atoms with van der Waals surface area (Å²) >= 11 is 0. The third kappa shape index (κ3) is 13.5. The third-order valence-corrected chi connectivity index (χ3v) is 2.63. The molecule has 0 spiro atoms. The lowest BCUT2D eigenvalue weighted by atomic mass is 10.1. The van der Waals surface area contributed by atoms with Gasteiger partial charge in [0.2, 0.25) is 0 Å². The van der Waals surface area contributed by atoms with Gasteiger partial charge in [0.1, 0.15) is 0 Å². The van der Waals surface area contributed by atoms with E-state index in [1.54, 1.807) is 0 Å². The Kier molecular flexibility index (Phi) is 11.2. The van der Waals surface area contributed by atoms with Gasteiger partial charge in [0.25, 0.3) is 0 Å². The van der Waals surface area contributed by atoms with Gasteiger partial charge in [-0.2, -0.15) is 0 Å². The van der Waals surface area contributed by atoms with Gasteiger partial charge in [-0.25, -0.2) is 0 Å². The molecule has 0 amide bonds. The van der Waals surface area contributed by atoms with Crippen molar-refractivity contribution in [1.29, 1.82) is 0 Å². The van der Waals surface area contributed by atoms with Crippen molar-refractivity contribution in [2.75, 3.05) is 0 Å². The molecule has 0 fully saturated rings. The molecule has 0 atom stereocenters. The third-order valence-electron chi connectivity index (χ3n) is 2.63. The summed E-state index contributed by atoms with van der Waals surface area (Å²) in [5, 5.41) is 0. The van der Waals surface area contributed by atoms with E-state index < -0.39 is 0 Å². The van der Waals surface area contributed by atoms with Crippen LogP contribution >= 0.6 is 0 Å². The van der Waals surface area contributed by atoms with Crippen LogP contribution in [0.5, 0.6) is 0 Å². The predicted molar refractivity (Wildman–Crippen MR) is 71.2 cm³/mol. The Bertz CT molecular complexity index is 165. The van der Waals surface area contributed by atoms with Gasteiger partial charge in [0.15, 0.2) is 0 Å². The van der Waals surface area contributed by atoms with Crippen molar-refractivity contribution in [2.24, 2.45) is 0 Å². The Labute approximate surface area is 96.5 Å². The first-order valence-corrected chi connectivity index (χ1v) is 6.59. The lowest BCUT2D eigenvalue weighted by Gasteiger charge is -1.99. The molecule has 0 bridgehead atoms. The minimum Gasteiger partial charge on any atom is -0.0961 e. The highest BCUT2D eigenvalue weighted by molar-refractivity contribution is 5.10. The lowest BCUT2D eigenvalue weighted by molar-refractivity contribution is 0.577. The molecule has 0 aliphatic heterocycles. The van der Waals surface area contributed by atoms with Crippen LogP contribution in [0.15, 0.2) is 24.3 Å². The average Bonchev–Trinajstić information content (AvgIpc) is 2.20. The first kappa shape index (κ1) is 14.5. The largest absolute Gasteiger partial charge is 0.0961 e. The Morgan fingerprint density at radius 2 is 1.47 bits per heavy atom. The summed E-state index contributed by atoms with van der Waals surface area (Å²) in [5.74, 6) is 0. The summed E-state index contributed by atoms with van der Waals surface area (Å²) < 4.78 is 0. The van der Waals surface area contributed by atoms with Crippen molar-refractivity contribution in [1.82, 2.24) is 0 Å². The molecule has 0 unspecified atom stereocenters. The van der Waals surface area contributed by atoms with E-state index in [0.717, 1.165) is 5.57 Å². The van der Waals surface area contributed by atoms with Crippen LogP contribution in [0.1, 0.15) is 71.6 Å². The van der Waals surface area contributed by atoms with Crippen molar-refractivity contribution < 1.29 is 0 Å². The van der Waals surface area contributed by atoms with Crippen molar-refractivity contribution in [3.63, 3.8) is 0 Å². The van der Waals surface area contributed by atoms with Gasteiger partial charge in [0.05, 0.1) is 0 Å². The van der Waals surface area contributed by atoms with Crippen LogP contribution in [0.3, 0.4) is 0 Å². The highest BCUT2D eigenvalue weighted by atomic mass is 14.0. The predicted octanol–water partition coefficient (Wildman–Crippen LogP) is 5.65. The molecular formula is C15H28. The van der Waals surface area contributed by atoms with Gasteiger partial charge in [0, 0.05) is 0 Å². The van der Waals surface area contributed by atoms with Crippen molar-refractivity contribution >= 4 is 0 Å². The summed E-state index contributed by atoms with van der Waals surface area (Å²) in [5.41, 5.74) is 1.16. The van der Waals surface area contributed by atoms with Gasteiger partial charge < -0.3 is 0 Å². The monoisotopic (exact) mass is 208 g/mol. The fourth-order valence-corrected chi connectivity index (χ4v) is 1.68. The van der Waals surface area contributed by atoms with Crippen LogP contribution in [-0.2, 0) is 0 Å². The molecule has 0 heteroatoms. The Morgan fingerprint density at radius 1 is 0.933 bits per heavy atom. The SMILES string of the molecule is C=C(C)/C=C/CCCCCCCCCC. The van der Waals surface area contributed by atoms with Gasteiger partial charge in [-0.3, -0.25) is 0 Å². The molecule has 15 heavy (non-hydrogen) atoms. The molecule has 0 saturated heterocycles. The van der Waals surface area contributed by atoms with E-state index >= 15 is 0 Å². The van der Waals surface area contributed by atoms with E-state index in [0.29, 0.717) is 0 Å². The standard InChI is InChI=1S/C15H28/c1-4-5-6-7-8-9-10-11-12-13-14-15(2)3/h13-14H,2,4-12H2,1,3H3/b14-13+. The van der Waals surface area contributed by atoms with Crippen LogP contribution in [0.2, 0.25) is 0 Å². The second-order valence-corrected chi connectivity index (χ2v) is 4.51.